The third kappa shape index (κ3) is 4.23. The molecule has 0 heterocycles. The zero-order valence-corrected chi connectivity index (χ0v) is 20.1. The molecule has 3 fully saturated rings. The normalized spacial score (nSPS) is 42.6. The average Bonchev–Trinajstić information content (AvgIpc) is 3.11. The van der Waals surface area contributed by atoms with E-state index in [0.29, 0.717) is 11.8 Å². The van der Waals surface area contributed by atoms with E-state index < -0.39 is 17.8 Å². The van der Waals surface area contributed by atoms with Gasteiger partial charge >= 0.3 is 0 Å². The summed E-state index contributed by atoms with van der Waals surface area (Å²) in [5, 5.41) is 31.2. The molecule has 3 saturated carbocycles. The highest BCUT2D eigenvalue weighted by Crippen LogP contribution is 2.58. The van der Waals surface area contributed by atoms with Crippen molar-refractivity contribution in [3.63, 3.8) is 0 Å². The molecule has 0 aromatic rings. The van der Waals surface area contributed by atoms with Gasteiger partial charge in [0, 0.05) is 5.92 Å². The Balaban J connectivity index is 1.53. The summed E-state index contributed by atoms with van der Waals surface area (Å²) in [5.41, 5.74) is 3.64. The maximum Gasteiger partial charge on any atom is 0.0809 e. The van der Waals surface area contributed by atoms with E-state index in [1.54, 1.807) is 5.57 Å². The van der Waals surface area contributed by atoms with E-state index in [2.05, 4.69) is 32.6 Å². The van der Waals surface area contributed by atoms with Gasteiger partial charge in [0.15, 0.2) is 0 Å². The maximum absolute atomic E-state index is 10.6. The lowest BCUT2D eigenvalue weighted by Gasteiger charge is -2.49. The van der Waals surface area contributed by atoms with Crippen molar-refractivity contribution < 1.29 is 15.3 Å². The average molecular weight is 429 g/mol. The Bertz CT molecular complexity index is 757. The van der Waals surface area contributed by atoms with E-state index in [1.165, 1.54) is 31.3 Å². The molecule has 174 valence electrons. The van der Waals surface area contributed by atoms with E-state index >= 15 is 0 Å². The molecule has 0 aromatic carbocycles. The smallest absolute Gasteiger partial charge is 0.0809 e. The van der Waals surface area contributed by atoms with Gasteiger partial charge < -0.3 is 15.3 Å². The highest BCUT2D eigenvalue weighted by molar-refractivity contribution is 5.42. The fourth-order valence-corrected chi connectivity index (χ4v) is 7.75. The molecule has 2 bridgehead atoms. The molecule has 4 aliphatic rings. The molecule has 4 aliphatic carbocycles. The second-order valence-corrected chi connectivity index (χ2v) is 12.0. The minimum Gasteiger partial charge on any atom is -0.393 e. The third-order valence-electron chi connectivity index (χ3n) is 9.35. The highest BCUT2D eigenvalue weighted by atomic mass is 16.3. The minimum atomic E-state index is -0.568. The zero-order chi connectivity index (χ0) is 22.6. The SMILES string of the molecule is C=C1[C@@H](O)C2C(C=C3CCCC4(C)C3=CCCC4C(C)CCCC(C)(C)O)[C@H]1C[C@H]2O. The first kappa shape index (κ1) is 23.3. The molecule has 3 heteroatoms. The topological polar surface area (TPSA) is 60.7 Å². The van der Waals surface area contributed by atoms with Gasteiger partial charge in [-0.25, -0.2) is 0 Å². The van der Waals surface area contributed by atoms with Crippen LogP contribution in [0.1, 0.15) is 85.5 Å². The van der Waals surface area contributed by atoms with Gasteiger partial charge in [-0.15, -0.1) is 0 Å². The van der Waals surface area contributed by atoms with Crippen LogP contribution in [-0.2, 0) is 0 Å². The van der Waals surface area contributed by atoms with Crippen molar-refractivity contribution in [1.82, 2.24) is 0 Å². The van der Waals surface area contributed by atoms with Crippen molar-refractivity contribution in [2.75, 3.05) is 0 Å². The summed E-state index contributed by atoms with van der Waals surface area (Å²) in [6.45, 7) is 12.9. The van der Waals surface area contributed by atoms with Crippen LogP contribution in [0.5, 0.6) is 0 Å². The van der Waals surface area contributed by atoms with Gasteiger partial charge in [0.1, 0.15) is 0 Å². The second kappa shape index (κ2) is 8.47. The molecule has 0 aliphatic heterocycles. The Morgan fingerprint density at radius 1 is 1.32 bits per heavy atom. The second-order valence-electron chi connectivity index (χ2n) is 12.0. The van der Waals surface area contributed by atoms with E-state index in [-0.39, 0.29) is 23.2 Å². The maximum atomic E-state index is 10.6. The summed E-state index contributed by atoms with van der Waals surface area (Å²) < 4.78 is 0. The Morgan fingerprint density at radius 3 is 2.74 bits per heavy atom. The molecule has 3 N–H and O–H groups in total. The summed E-state index contributed by atoms with van der Waals surface area (Å²) in [6, 6.07) is 0. The standard InChI is InChI=1S/C28H44O3/c1-17(9-7-13-27(3,4)31)22-11-6-12-23-19(10-8-14-28(22,23)5)15-21-20-16-24(29)25(21)26(30)18(20)2/h12,15,17,20-22,24-26,29-31H,2,6-11,13-14,16H2,1,3-5H3/t17?,20-,21?,22?,24+,25?,26+,28?/m0/s1. The summed E-state index contributed by atoms with van der Waals surface area (Å²) in [5.74, 6) is 1.74. The first-order valence-electron chi connectivity index (χ1n) is 12.7. The predicted octanol–water partition coefficient (Wildman–Crippen LogP) is 5.56. The van der Waals surface area contributed by atoms with E-state index in [0.717, 1.165) is 37.7 Å². The molecular weight excluding hydrogens is 384 g/mol. The first-order valence-corrected chi connectivity index (χ1v) is 12.7. The highest BCUT2D eigenvalue weighted by Gasteiger charge is 2.54. The fourth-order valence-electron chi connectivity index (χ4n) is 7.75. The molecule has 5 unspecified atom stereocenters. The Kier molecular flexibility index (Phi) is 6.35. The van der Waals surface area contributed by atoms with E-state index in [1.807, 2.05) is 13.8 Å². The minimum absolute atomic E-state index is 0.0704. The quantitative estimate of drug-likeness (QED) is 0.485. The lowest BCUT2D eigenvalue weighted by atomic mass is 9.55. The molecule has 4 rings (SSSR count). The number of hydrogen-bond acceptors (Lipinski definition) is 3. The van der Waals surface area contributed by atoms with Crippen LogP contribution in [0.2, 0.25) is 0 Å². The van der Waals surface area contributed by atoms with Crippen LogP contribution in [0.3, 0.4) is 0 Å². The fraction of sp³-hybridized carbons (Fsp3) is 0.786. The molecule has 31 heavy (non-hydrogen) atoms. The van der Waals surface area contributed by atoms with Gasteiger partial charge in [-0.1, -0.05) is 45.4 Å². The summed E-state index contributed by atoms with van der Waals surface area (Å²) >= 11 is 0. The number of aliphatic hydroxyl groups is 3. The largest absolute Gasteiger partial charge is 0.393 e. The Hall–Kier alpha value is -0.900. The number of fused-ring (bicyclic) bond motifs is 3. The molecular formula is C28H44O3. The molecule has 3 nitrogen and oxygen atoms in total. The number of hydrogen-bond donors (Lipinski definition) is 3. The van der Waals surface area contributed by atoms with Crippen LogP contribution in [0.15, 0.2) is 35.5 Å². The van der Waals surface area contributed by atoms with Crippen LogP contribution < -0.4 is 0 Å². The summed E-state index contributed by atoms with van der Waals surface area (Å²) in [4.78, 5) is 0. The van der Waals surface area contributed by atoms with Crippen molar-refractivity contribution in [2.24, 2.45) is 35.0 Å². The van der Waals surface area contributed by atoms with Gasteiger partial charge in [-0.3, -0.25) is 0 Å². The lowest BCUT2D eigenvalue weighted by molar-refractivity contribution is 0.0394. The van der Waals surface area contributed by atoms with Gasteiger partial charge in [0.25, 0.3) is 0 Å². The number of rotatable bonds is 6. The molecule has 0 amide bonds. The van der Waals surface area contributed by atoms with Crippen molar-refractivity contribution in [3.8, 4) is 0 Å². The van der Waals surface area contributed by atoms with Crippen LogP contribution in [0.4, 0.5) is 0 Å². The van der Waals surface area contributed by atoms with Crippen LogP contribution in [-0.4, -0.2) is 33.1 Å². The van der Waals surface area contributed by atoms with Gasteiger partial charge in [0.05, 0.1) is 17.8 Å². The van der Waals surface area contributed by atoms with Crippen molar-refractivity contribution in [1.29, 1.82) is 0 Å². The van der Waals surface area contributed by atoms with Crippen molar-refractivity contribution >= 4 is 0 Å². The molecule has 8 atom stereocenters. The van der Waals surface area contributed by atoms with Crippen LogP contribution in [0, 0.1) is 35.0 Å². The zero-order valence-electron chi connectivity index (χ0n) is 20.1. The predicted molar refractivity (Wildman–Crippen MR) is 126 cm³/mol. The van der Waals surface area contributed by atoms with Crippen molar-refractivity contribution in [2.45, 2.75) is 103 Å². The Morgan fingerprint density at radius 2 is 2.06 bits per heavy atom. The lowest BCUT2D eigenvalue weighted by Crippen LogP contribution is -2.39. The number of allylic oxidation sites excluding steroid dienone is 4. The molecule has 0 saturated heterocycles. The van der Waals surface area contributed by atoms with Gasteiger partial charge in [-0.2, -0.15) is 0 Å². The summed E-state index contributed by atoms with van der Waals surface area (Å²) in [6.07, 6.45) is 13.9. The summed E-state index contributed by atoms with van der Waals surface area (Å²) in [7, 11) is 0. The van der Waals surface area contributed by atoms with Crippen LogP contribution in [0.25, 0.3) is 0 Å². The van der Waals surface area contributed by atoms with E-state index in [9.17, 15) is 15.3 Å². The Labute approximate surface area is 189 Å². The van der Waals surface area contributed by atoms with E-state index in [4.69, 9.17) is 0 Å². The van der Waals surface area contributed by atoms with Crippen LogP contribution >= 0.6 is 0 Å². The molecule has 0 radical (unpaired) electrons. The monoisotopic (exact) mass is 428 g/mol. The first-order chi connectivity index (χ1) is 14.5. The molecule has 0 spiro atoms. The third-order valence-corrected chi connectivity index (χ3v) is 9.35. The van der Waals surface area contributed by atoms with Gasteiger partial charge in [-0.05, 0) is 105 Å². The van der Waals surface area contributed by atoms with Gasteiger partial charge in [0.2, 0.25) is 0 Å². The molecule has 0 aromatic heterocycles. The van der Waals surface area contributed by atoms with Crippen molar-refractivity contribution in [3.05, 3.63) is 35.5 Å². The number of aliphatic hydroxyl groups excluding tert-OH is 2.